The lowest BCUT2D eigenvalue weighted by Gasteiger charge is -2.22. The predicted molar refractivity (Wildman–Crippen MR) is 81.3 cm³/mol. The first kappa shape index (κ1) is 15.6. The number of nitrogen functional groups attached to an aromatic ring is 1. The molecule has 21 heavy (non-hydrogen) atoms. The van der Waals surface area contributed by atoms with Crippen molar-refractivity contribution in [3.63, 3.8) is 0 Å². The number of hydrogen-bond donors (Lipinski definition) is 2. The maximum Gasteiger partial charge on any atom is 0.341 e. The van der Waals surface area contributed by atoms with Crippen LogP contribution in [0.3, 0.4) is 0 Å². The Kier molecular flexibility index (Phi) is 5.80. The number of pyridine rings is 1. The Morgan fingerprint density at radius 1 is 1.43 bits per heavy atom. The monoisotopic (exact) mass is 293 g/mol. The molecule has 0 amide bonds. The molecule has 1 aromatic heterocycles. The van der Waals surface area contributed by atoms with Crippen molar-refractivity contribution in [2.75, 3.05) is 31.3 Å². The zero-order valence-corrected chi connectivity index (χ0v) is 12.4. The van der Waals surface area contributed by atoms with Crippen LogP contribution in [0.4, 0.5) is 11.5 Å². The molecule has 1 aliphatic rings. The Morgan fingerprint density at radius 2 is 2.19 bits per heavy atom. The topological polar surface area (TPSA) is 86.5 Å². The molecular weight excluding hydrogens is 270 g/mol. The molecule has 0 radical (unpaired) electrons. The summed E-state index contributed by atoms with van der Waals surface area (Å²) < 4.78 is 10.6. The quantitative estimate of drug-likeness (QED) is 0.618. The molecule has 3 N–H and O–H groups in total. The first-order valence-electron chi connectivity index (χ1n) is 7.40. The van der Waals surface area contributed by atoms with Gasteiger partial charge in [-0.3, -0.25) is 0 Å². The van der Waals surface area contributed by atoms with Gasteiger partial charge in [-0.05, 0) is 18.9 Å². The molecule has 2 rings (SSSR count). The minimum atomic E-state index is -0.453. The minimum Gasteiger partial charge on any atom is -0.465 e. The van der Waals surface area contributed by atoms with Crippen LogP contribution in [-0.4, -0.2) is 37.3 Å². The number of aromatic nitrogens is 1. The fourth-order valence-electron chi connectivity index (χ4n) is 2.51. The van der Waals surface area contributed by atoms with Crippen LogP contribution in [0.25, 0.3) is 0 Å². The number of anilines is 2. The second-order valence-electron chi connectivity index (χ2n) is 5.21. The molecule has 116 valence electrons. The van der Waals surface area contributed by atoms with Crippen LogP contribution in [0.1, 0.15) is 42.5 Å². The first-order chi connectivity index (χ1) is 10.2. The number of hydrogen-bond acceptors (Lipinski definition) is 6. The fraction of sp³-hybridized carbons (Fsp3) is 0.600. The Labute approximate surface area is 125 Å². The molecule has 0 spiro atoms. The second-order valence-corrected chi connectivity index (χ2v) is 5.21. The number of ether oxygens (including phenoxy) is 2. The Morgan fingerprint density at radius 3 is 2.90 bits per heavy atom. The Balaban J connectivity index is 1.83. The van der Waals surface area contributed by atoms with E-state index in [-0.39, 0.29) is 0 Å². The molecule has 1 aliphatic carbocycles. The molecule has 0 aliphatic heterocycles. The number of nitrogens with two attached hydrogens (primary N) is 1. The standard InChI is InChI=1S/C15H23N3O3/c1-20-15(19)13-9-11(16)10-18-14(13)17-7-8-21-12-5-3-2-4-6-12/h9-10,12H,2-8,16H2,1H3,(H,17,18). The van der Waals surface area contributed by atoms with Crippen molar-refractivity contribution >= 4 is 17.5 Å². The van der Waals surface area contributed by atoms with Crippen molar-refractivity contribution in [3.8, 4) is 0 Å². The molecule has 1 aromatic rings. The maximum atomic E-state index is 11.7. The van der Waals surface area contributed by atoms with Crippen LogP contribution in [0.5, 0.6) is 0 Å². The number of methoxy groups -OCH3 is 1. The van der Waals surface area contributed by atoms with E-state index in [9.17, 15) is 4.79 Å². The van der Waals surface area contributed by atoms with Gasteiger partial charge in [0.25, 0.3) is 0 Å². The minimum absolute atomic E-state index is 0.343. The van der Waals surface area contributed by atoms with Crippen molar-refractivity contribution in [3.05, 3.63) is 17.8 Å². The molecule has 6 nitrogen and oxygen atoms in total. The van der Waals surface area contributed by atoms with Crippen LogP contribution >= 0.6 is 0 Å². The summed E-state index contributed by atoms with van der Waals surface area (Å²) in [6.45, 7) is 1.19. The van der Waals surface area contributed by atoms with E-state index in [4.69, 9.17) is 15.2 Å². The number of carbonyl (C=O) groups excluding carboxylic acids is 1. The van der Waals surface area contributed by atoms with Crippen molar-refractivity contribution in [1.29, 1.82) is 0 Å². The molecule has 6 heteroatoms. The molecule has 0 aromatic carbocycles. The highest BCUT2D eigenvalue weighted by molar-refractivity contribution is 5.95. The van der Waals surface area contributed by atoms with E-state index in [0.717, 1.165) is 12.8 Å². The van der Waals surface area contributed by atoms with Gasteiger partial charge in [-0.1, -0.05) is 19.3 Å². The normalized spacial score (nSPS) is 15.7. The summed E-state index contributed by atoms with van der Waals surface area (Å²) in [7, 11) is 1.33. The van der Waals surface area contributed by atoms with E-state index in [1.54, 1.807) is 6.07 Å². The van der Waals surface area contributed by atoms with Gasteiger partial charge in [0.1, 0.15) is 11.4 Å². The van der Waals surface area contributed by atoms with Crippen LogP contribution in [0.2, 0.25) is 0 Å². The van der Waals surface area contributed by atoms with Crippen LogP contribution in [0.15, 0.2) is 12.3 Å². The number of nitrogens with zero attached hydrogens (tertiary/aromatic N) is 1. The predicted octanol–water partition coefficient (Wildman–Crippen LogP) is 2.21. The number of nitrogens with one attached hydrogen (secondary N) is 1. The summed E-state index contributed by atoms with van der Waals surface area (Å²) in [5.41, 5.74) is 6.42. The Hall–Kier alpha value is -1.82. The third-order valence-corrected chi connectivity index (χ3v) is 3.61. The fourth-order valence-corrected chi connectivity index (χ4v) is 2.51. The smallest absolute Gasteiger partial charge is 0.341 e. The maximum absolute atomic E-state index is 11.7. The lowest BCUT2D eigenvalue weighted by atomic mass is 9.98. The van der Waals surface area contributed by atoms with Gasteiger partial charge in [-0.2, -0.15) is 0 Å². The van der Waals surface area contributed by atoms with Gasteiger partial charge < -0.3 is 20.5 Å². The first-order valence-corrected chi connectivity index (χ1v) is 7.40. The van der Waals surface area contributed by atoms with Gasteiger partial charge in [-0.25, -0.2) is 9.78 Å². The summed E-state index contributed by atoms with van der Waals surface area (Å²) >= 11 is 0. The highest BCUT2D eigenvalue weighted by Gasteiger charge is 2.15. The van der Waals surface area contributed by atoms with Crippen LogP contribution in [0, 0.1) is 0 Å². The molecular formula is C15H23N3O3. The molecule has 0 atom stereocenters. The van der Waals surface area contributed by atoms with Crippen molar-refractivity contribution in [1.82, 2.24) is 4.98 Å². The summed E-state index contributed by atoms with van der Waals surface area (Å²) in [4.78, 5) is 15.8. The lowest BCUT2D eigenvalue weighted by Crippen LogP contribution is -2.21. The van der Waals surface area contributed by atoms with E-state index >= 15 is 0 Å². The van der Waals surface area contributed by atoms with Crippen molar-refractivity contribution in [2.45, 2.75) is 38.2 Å². The van der Waals surface area contributed by atoms with E-state index in [1.165, 1.54) is 32.6 Å². The summed E-state index contributed by atoms with van der Waals surface area (Å²) in [6.07, 6.45) is 8.00. The van der Waals surface area contributed by atoms with Crippen LogP contribution < -0.4 is 11.1 Å². The van der Waals surface area contributed by atoms with E-state index in [1.807, 2.05) is 0 Å². The third kappa shape index (κ3) is 4.60. The van der Waals surface area contributed by atoms with E-state index < -0.39 is 5.97 Å². The average molecular weight is 293 g/mol. The summed E-state index contributed by atoms with van der Waals surface area (Å²) in [5.74, 6) is 0.0220. The number of carbonyl (C=O) groups is 1. The van der Waals surface area contributed by atoms with Gasteiger partial charge >= 0.3 is 5.97 Å². The average Bonchev–Trinajstić information content (AvgIpc) is 2.53. The molecule has 1 fully saturated rings. The summed E-state index contributed by atoms with van der Waals surface area (Å²) in [6, 6.07) is 1.56. The van der Waals surface area contributed by atoms with Gasteiger partial charge in [-0.15, -0.1) is 0 Å². The van der Waals surface area contributed by atoms with Crippen molar-refractivity contribution < 1.29 is 14.3 Å². The number of esters is 1. The number of rotatable bonds is 6. The highest BCUT2D eigenvalue weighted by Crippen LogP contribution is 2.20. The van der Waals surface area contributed by atoms with Gasteiger partial charge in [0.15, 0.2) is 0 Å². The molecule has 1 saturated carbocycles. The molecule has 0 unspecified atom stereocenters. The zero-order chi connectivity index (χ0) is 15.1. The third-order valence-electron chi connectivity index (χ3n) is 3.61. The van der Waals surface area contributed by atoms with E-state index in [2.05, 4.69) is 10.3 Å². The van der Waals surface area contributed by atoms with Gasteiger partial charge in [0, 0.05) is 6.54 Å². The van der Waals surface area contributed by atoms with Gasteiger partial charge in [0.05, 0.1) is 31.7 Å². The molecule has 0 bridgehead atoms. The van der Waals surface area contributed by atoms with Gasteiger partial charge in [0.2, 0.25) is 0 Å². The highest BCUT2D eigenvalue weighted by atomic mass is 16.5. The zero-order valence-electron chi connectivity index (χ0n) is 12.4. The lowest BCUT2D eigenvalue weighted by molar-refractivity contribution is 0.0347. The van der Waals surface area contributed by atoms with E-state index in [0.29, 0.717) is 36.3 Å². The SMILES string of the molecule is COC(=O)c1cc(N)cnc1NCCOC1CCCCC1. The molecule has 0 saturated heterocycles. The summed E-state index contributed by atoms with van der Waals surface area (Å²) in [5, 5.41) is 3.10. The molecule has 1 heterocycles. The van der Waals surface area contributed by atoms with Crippen molar-refractivity contribution in [2.24, 2.45) is 0 Å². The second kappa shape index (κ2) is 7.83. The largest absolute Gasteiger partial charge is 0.465 e. The Bertz CT molecular complexity index is 473. The van der Waals surface area contributed by atoms with Crippen LogP contribution in [-0.2, 0) is 9.47 Å².